The van der Waals surface area contributed by atoms with E-state index in [-0.39, 0.29) is 17.9 Å². The molecule has 2 rings (SSSR count). The van der Waals surface area contributed by atoms with Crippen LogP contribution in [0.2, 0.25) is 0 Å². The van der Waals surface area contributed by atoms with Crippen LogP contribution in [0, 0.1) is 0 Å². The summed E-state index contributed by atoms with van der Waals surface area (Å²) in [4.78, 5) is 16.3. The van der Waals surface area contributed by atoms with Crippen molar-refractivity contribution in [2.24, 2.45) is 0 Å². The van der Waals surface area contributed by atoms with E-state index in [1.165, 1.54) is 0 Å². The van der Waals surface area contributed by atoms with Crippen LogP contribution in [0.4, 0.5) is 5.82 Å². The lowest BCUT2D eigenvalue weighted by Gasteiger charge is -2.29. The summed E-state index contributed by atoms with van der Waals surface area (Å²) < 4.78 is 2.00. The molecule has 0 unspecified atom stereocenters. The topological polar surface area (TPSA) is 41.4 Å². The molecule has 1 atom stereocenters. The van der Waals surface area contributed by atoms with Crippen molar-refractivity contribution in [1.29, 1.82) is 0 Å². The summed E-state index contributed by atoms with van der Waals surface area (Å²) in [7, 11) is 4.07. The van der Waals surface area contributed by atoms with Crippen LogP contribution in [-0.4, -0.2) is 40.7 Å². The van der Waals surface area contributed by atoms with Crippen molar-refractivity contribution in [1.82, 2.24) is 14.7 Å². The van der Waals surface area contributed by atoms with Crippen molar-refractivity contribution < 1.29 is 4.79 Å². The second kappa shape index (κ2) is 8.39. The fourth-order valence-corrected chi connectivity index (χ4v) is 3.25. The molecule has 0 fully saturated rings. The highest BCUT2D eigenvalue weighted by Crippen LogP contribution is 2.32. The van der Waals surface area contributed by atoms with Gasteiger partial charge in [0, 0.05) is 32.6 Å². The lowest BCUT2D eigenvalue weighted by atomic mass is 10.0. The average Bonchev–Trinajstić information content (AvgIpc) is 2.99. The minimum absolute atomic E-state index is 0.103. The molecule has 5 heteroatoms. The Morgan fingerprint density at radius 3 is 2.23 bits per heavy atom. The smallest absolute Gasteiger partial charge is 0.219 e. The Kier molecular flexibility index (Phi) is 6.46. The van der Waals surface area contributed by atoms with E-state index in [0.29, 0.717) is 6.54 Å². The van der Waals surface area contributed by atoms with E-state index in [1.807, 2.05) is 41.9 Å². The third-order valence-electron chi connectivity index (χ3n) is 4.81. The molecule has 0 saturated carbocycles. The molecule has 0 aliphatic rings. The number of anilines is 1. The summed E-state index contributed by atoms with van der Waals surface area (Å²) in [6.07, 6.45) is 0.931. The fraction of sp³-hybridized carbons (Fsp3) is 0.524. The highest BCUT2D eigenvalue weighted by molar-refractivity contribution is 5.74. The first kappa shape index (κ1) is 20.0. The normalized spacial score (nSPS) is 12.3. The molecule has 2 aromatic rings. The third kappa shape index (κ3) is 4.09. The number of hydrogen-bond acceptors (Lipinski definition) is 3. The first-order chi connectivity index (χ1) is 12.3. The molecule has 5 nitrogen and oxygen atoms in total. The maximum Gasteiger partial charge on any atom is 0.219 e. The van der Waals surface area contributed by atoms with Crippen molar-refractivity contribution >= 4 is 11.7 Å². The zero-order chi connectivity index (χ0) is 19.4. The molecule has 1 aromatic heterocycles. The average molecular weight is 357 g/mol. The number of carbonyl (C=O) groups excluding carboxylic acids is 1. The Bertz CT molecular complexity index is 734. The van der Waals surface area contributed by atoms with Crippen molar-refractivity contribution in [3.8, 4) is 5.69 Å². The summed E-state index contributed by atoms with van der Waals surface area (Å²) >= 11 is 0. The molecule has 0 saturated heterocycles. The van der Waals surface area contributed by atoms with Gasteiger partial charge >= 0.3 is 0 Å². The van der Waals surface area contributed by atoms with Gasteiger partial charge < -0.3 is 9.80 Å². The summed E-state index contributed by atoms with van der Waals surface area (Å²) in [6.45, 7) is 10.8. The second-order valence-electron chi connectivity index (χ2n) is 7.39. The van der Waals surface area contributed by atoms with Crippen molar-refractivity contribution in [3.63, 3.8) is 0 Å². The molecule has 0 spiro atoms. The lowest BCUT2D eigenvalue weighted by molar-refractivity contribution is -0.131. The predicted molar refractivity (Wildman–Crippen MR) is 108 cm³/mol. The summed E-state index contributed by atoms with van der Waals surface area (Å²) in [5, 5.41) is 4.94. The van der Waals surface area contributed by atoms with E-state index in [0.717, 1.165) is 29.2 Å². The predicted octanol–water partition coefficient (Wildman–Crippen LogP) is 4.21. The van der Waals surface area contributed by atoms with Gasteiger partial charge in [0.2, 0.25) is 5.91 Å². The minimum Gasteiger partial charge on any atom is -0.362 e. The maximum absolute atomic E-state index is 12.3. The number of carbonyl (C=O) groups is 1. The van der Waals surface area contributed by atoms with Gasteiger partial charge in [-0.25, -0.2) is 4.68 Å². The Labute approximate surface area is 157 Å². The van der Waals surface area contributed by atoms with Crippen LogP contribution in [0.5, 0.6) is 0 Å². The summed E-state index contributed by atoms with van der Waals surface area (Å²) in [5.41, 5.74) is 3.21. The van der Waals surface area contributed by atoms with Crippen LogP contribution >= 0.6 is 0 Å². The molecule has 0 bridgehead atoms. The van der Waals surface area contributed by atoms with Gasteiger partial charge in [-0.3, -0.25) is 4.79 Å². The largest absolute Gasteiger partial charge is 0.362 e. The molecular formula is C21H32N4O. The summed E-state index contributed by atoms with van der Waals surface area (Å²) in [6, 6.07) is 10.4. The standard InChI is InChI=1S/C21H32N4O/c1-8-16(4)24(17(5)26)14-19-20(15(2)3)22-25(21(19)23(6)7)18-12-10-9-11-13-18/h9-13,15-16H,8,14H2,1-7H3/t16-/m0/s1. The molecule has 142 valence electrons. The van der Waals surface area contributed by atoms with E-state index in [2.05, 4.69) is 44.7 Å². The first-order valence-corrected chi connectivity index (χ1v) is 9.39. The second-order valence-corrected chi connectivity index (χ2v) is 7.39. The van der Waals surface area contributed by atoms with Gasteiger partial charge in [-0.2, -0.15) is 5.10 Å². The number of nitrogens with zero attached hydrogens (tertiary/aromatic N) is 4. The fourth-order valence-electron chi connectivity index (χ4n) is 3.25. The van der Waals surface area contributed by atoms with Crippen LogP contribution in [0.1, 0.15) is 58.2 Å². The molecule has 1 amide bonds. The van der Waals surface area contributed by atoms with Crippen LogP contribution in [0.25, 0.3) is 5.69 Å². The highest BCUT2D eigenvalue weighted by Gasteiger charge is 2.26. The molecular weight excluding hydrogens is 324 g/mol. The van der Waals surface area contributed by atoms with Gasteiger partial charge in [0.25, 0.3) is 0 Å². The Morgan fingerprint density at radius 1 is 1.15 bits per heavy atom. The summed E-state index contributed by atoms with van der Waals surface area (Å²) in [5.74, 6) is 1.42. The quantitative estimate of drug-likeness (QED) is 0.746. The molecule has 1 heterocycles. The Hall–Kier alpha value is -2.30. The van der Waals surface area contributed by atoms with Crippen molar-refractivity contribution in [2.45, 2.75) is 59.5 Å². The maximum atomic E-state index is 12.3. The third-order valence-corrected chi connectivity index (χ3v) is 4.81. The molecule has 26 heavy (non-hydrogen) atoms. The van der Waals surface area contributed by atoms with E-state index in [1.54, 1.807) is 6.92 Å². The van der Waals surface area contributed by atoms with Crippen LogP contribution < -0.4 is 4.90 Å². The Balaban J connectivity index is 2.63. The number of aromatic nitrogens is 2. The first-order valence-electron chi connectivity index (χ1n) is 9.39. The van der Waals surface area contributed by atoms with Crippen LogP contribution in [0.3, 0.4) is 0 Å². The number of amides is 1. The van der Waals surface area contributed by atoms with E-state index < -0.39 is 0 Å². The van der Waals surface area contributed by atoms with Crippen molar-refractivity contribution in [2.75, 3.05) is 19.0 Å². The molecule has 1 aromatic carbocycles. The number of rotatable bonds is 7. The van der Waals surface area contributed by atoms with E-state index >= 15 is 0 Å². The van der Waals surface area contributed by atoms with Crippen LogP contribution in [0.15, 0.2) is 30.3 Å². The molecule has 0 N–H and O–H groups in total. The van der Waals surface area contributed by atoms with Gasteiger partial charge in [0.1, 0.15) is 5.82 Å². The molecule has 0 radical (unpaired) electrons. The van der Waals surface area contributed by atoms with E-state index in [9.17, 15) is 4.79 Å². The van der Waals surface area contributed by atoms with Gasteiger partial charge in [-0.15, -0.1) is 0 Å². The SMILES string of the molecule is CC[C@H](C)N(Cc1c(C(C)C)nn(-c2ccccc2)c1N(C)C)C(C)=O. The zero-order valence-corrected chi connectivity index (χ0v) is 17.2. The van der Waals surface area contributed by atoms with Gasteiger partial charge in [0.05, 0.1) is 17.9 Å². The number of benzene rings is 1. The highest BCUT2D eigenvalue weighted by atomic mass is 16.2. The minimum atomic E-state index is 0.103. The monoisotopic (exact) mass is 356 g/mol. The van der Waals surface area contributed by atoms with Crippen LogP contribution in [-0.2, 0) is 11.3 Å². The number of para-hydroxylation sites is 1. The Morgan fingerprint density at radius 2 is 1.77 bits per heavy atom. The van der Waals surface area contributed by atoms with Gasteiger partial charge in [0.15, 0.2) is 0 Å². The van der Waals surface area contributed by atoms with E-state index in [4.69, 9.17) is 5.10 Å². The van der Waals surface area contributed by atoms with Crippen molar-refractivity contribution in [3.05, 3.63) is 41.6 Å². The van der Waals surface area contributed by atoms with Gasteiger partial charge in [-0.05, 0) is 31.4 Å². The molecule has 0 aliphatic carbocycles. The molecule has 0 aliphatic heterocycles. The lowest BCUT2D eigenvalue weighted by Crippen LogP contribution is -2.36. The number of hydrogen-bond donors (Lipinski definition) is 0. The van der Waals surface area contributed by atoms with Gasteiger partial charge in [-0.1, -0.05) is 39.0 Å². The zero-order valence-electron chi connectivity index (χ0n) is 17.2.